The van der Waals surface area contributed by atoms with Crippen molar-refractivity contribution in [3.63, 3.8) is 0 Å². The smallest absolute Gasteiger partial charge is 0.0945 e. The Morgan fingerprint density at radius 3 is 1.94 bits per heavy atom. The molecule has 3 aromatic carbocycles. The molecule has 31 heavy (non-hydrogen) atoms. The number of benzene rings is 3. The fourth-order valence-electron chi connectivity index (χ4n) is 3.86. The van der Waals surface area contributed by atoms with E-state index in [4.69, 9.17) is 0 Å². The lowest BCUT2D eigenvalue weighted by Crippen LogP contribution is -2.03. The van der Waals surface area contributed by atoms with Crippen LogP contribution in [-0.2, 0) is 23.6 Å². The zero-order valence-corrected chi connectivity index (χ0v) is 20.1. The predicted molar refractivity (Wildman–Crippen MR) is 133 cm³/mol. The van der Waals surface area contributed by atoms with Crippen LogP contribution in [0.3, 0.4) is 0 Å². The fraction of sp³-hybridized carbons (Fsp3) is 0.308. The van der Waals surface area contributed by atoms with Crippen LogP contribution in [0.1, 0.15) is 45.4 Å². The summed E-state index contributed by atoms with van der Waals surface area (Å²) in [6.45, 7) is 2.13. The van der Waals surface area contributed by atoms with Crippen LogP contribution in [0.5, 0.6) is 0 Å². The van der Waals surface area contributed by atoms with Gasteiger partial charge in [-0.15, -0.1) is 0 Å². The first kappa shape index (κ1) is 25.2. The van der Waals surface area contributed by atoms with Gasteiger partial charge in [-0.3, -0.25) is 0 Å². The molecule has 0 saturated heterocycles. The number of rotatable bonds is 8. The van der Waals surface area contributed by atoms with Crippen LogP contribution in [-0.4, -0.2) is 18.7 Å². The number of unbranched alkanes of at least 4 members (excludes halogenated alkanes) is 5. The van der Waals surface area contributed by atoms with E-state index in [0.717, 1.165) is 19.3 Å². The quantitative estimate of drug-likeness (QED) is 0.205. The van der Waals surface area contributed by atoms with Crippen LogP contribution in [0.4, 0.5) is 0 Å². The van der Waals surface area contributed by atoms with Crippen LogP contribution >= 0.6 is 0 Å². The molecule has 1 aliphatic rings. The molecular formula is C26H32O3S2. The summed E-state index contributed by atoms with van der Waals surface area (Å²) < 4.78 is 30.5. The SMILES string of the molecule is CCCCCCCCS(=O)(=O)[O-].[SH3+].c1ccc(-c2cccc3c2=c2ccccc2=3)cc1. The minimum Gasteiger partial charge on any atom is -0.748 e. The third kappa shape index (κ3) is 6.96. The van der Waals surface area contributed by atoms with E-state index in [1.807, 2.05) is 0 Å². The Hall–Kier alpha value is -2.08. The molecule has 166 valence electrons. The van der Waals surface area contributed by atoms with Crippen molar-refractivity contribution in [2.75, 3.05) is 5.75 Å². The van der Waals surface area contributed by atoms with E-state index in [9.17, 15) is 13.0 Å². The van der Waals surface area contributed by atoms with E-state index in [-0.39, 0.29) is 19.2 Å². The van der Waals surface area contributed by atoms with Crippen LogP contribution < -0.4 is 0 Å². The third-order valence-corrected chi connectivity index (χ3v) is 6.17. The van der Waals surface area contributed by atoms with E-state index in [2.05, 4.69) is 79.7 Å². The Bertz CT molecular complexity index is 1250. The molecular weight excluding hydrogens is 424 g/mol. The fourth-order valence-corrected chi connectivity index (χ4v) is 4.42. The monoisotopic (exact) mass is 456 g/mol. The largest absolute Gasteiger partial charge is 0.748 e. The second-order valence-corrected chi connectivity index (χ2v) is 9.19. The predicted octanol–water partition coefficient (Wildman–Crippen LogP) is 5.33. The molecule has 1 aliphatic carbocycles. The zero-order valence-electron chi connectivity index (χ0n) is 18.1. The second kappa shape index (κ2) is 12.1. The molecule has 0 saturated carbocycles. The molecule has 0 N–H and O–H groups in total. The second-order valence-electron chi connectivity index (χ2n) is 7.67. The molecule has 0 aliphatic heterocycles. The maximum Gasteiger partial charge on any atom is 0.0945 e. The summed E-state index contributed by atoms with van der Waals surface area (Å²) in [5.74, 6) is -0.195. The summed E-state index contributed by atoms with van der Waals surface area (Å²) in [4.78, 5) is 0. The van der Waals surface area contributed by atoms with Crippen molar-refractivity contribution in [2.45, 2.75) is 45.4 Å². The van der Waals surface area contributed by atoms with Gasteiger partial charge in [-0.2, -0.15) is 0 Å². The minimum atomic E-state index is -3.97. The zero-order chi connectivity index (χ0) is 21.4. The number of hydrogen-bond acceptors (Lipinski definition) is 3. The number of fused-ring (bicyclic) bond motifs is 2. The summed E-state index contributed by atoms with van der Waals surface area (Å²) in [6.07, 6.45) is 5.96. The van der Waals surface area contributed by atoms with Gasteiger partial charge in [0.05, 0.1) is 10.1 Å². The highest BCUT2D eigenvalue weighted by atomic mass is 32.2. The highest BCUT2D eigenvalue weighted by Crippen LogP contribution is 2.25. The molecule has 0 amide bonds. The Morgan fingerprint density at radius 1 is 0.677 bits per heavy atom. The Balaban J connectivity index is 0.000000234. The first-order valence-electron chi connectivity index (χ1n) is 10.7. The van der Waals surface area contributed by atoms with Crippen molar-refractivity contribution in [1.82, 2.24) is 0 Å². The summed E-state index contributed by atoms with van der Waals surface area (Å²) in [6, 6.07) is 25.8. The van der Waals surface area contributed by atoms with Crippen molar-refractivity contribution in [3.05, 3.63) is 93.7 Å². The lowest BCUT2D eigenvalue weighted by Gasteiger charge is -2.10. The molecule has 0 spiro atoms. The maximum atomic E-state index is 10.2. The van der Waals surface area contributed by atoms with Gasteiger partial charge in [-0.25, -0.2) is 8.42 Å². The van der Waals surface area contributed by atoms with Crippen molar-refractivity contribution in [3.8, 4) is 11.1 Å². The maximum absolute atomic E-state index is 10.2. The third-order valence-electron chi connectivity index (χ3n) is 5.38. The molecule has 0 aromatic heterocycles. The Kier molecular flexibility index (Phi) is 9.82. The standard InChI is InChI=1S/C18H12.C8H18O3S.H2S/c1-2-7-13(8-3-1)14-11-6-12-17-15-9-4-5-10-16(15)18(14)17;1-2-3-4-5-6-7-8-12(9,10)11;/h1-12H;2-8H2,1H3,(H,9,10,11);1H2. The lowest BCUT2D eigenvalue weighted by molar-refractivity contribution is 0.459. The molecule has 0 unspecified atom stereocenters. The number of hydrogen-bond donors (Lipinski definition) is 0. The lowest BCUT2D eigenvalue weighted by atomic mass is 9.94. The van der Waals surface area contributed by atoms with Gasteiger partial charge in [0.1, 0.15) is 0 Å². The van der Waals surface area contributed by atoms with E-state index < -0.39 is 10.1 Å². The first-order valence-corrected chi connectivity index (χ1v) is 12.3. The Morgan fingerprint density at radius 2 is 1.26 bits per heavy atom. The van der Waals surface area contributed by atoms with E-state index in [1.165, 1.54) is 44.8 Å². The summed E-state index contributed by atoms with van der Waals surface area (Å²) in [7, 11) is -3.97. The first-order chi connectivity index (χ1) is 14.5. The molecule has 4 rings (SSSR count). The van der Waals surface area contributed by atoms with E-state index in [0.29, 0.717) is 6.42 Å². The van der Waals surface area contributed by atoms with Crippen LogP contribution in [0.25, 0.3) is 11.1 Å². The van der Waals surface area contributed by atoms with Gasteiger partial charge in [-0.1, -0.05) is 125 Å². The van der Waals surface area contributed by atoms with E-state index >= 15 is 0 Å². The topological polar surface area (TPSA) is 57.2 Å². The van der Waals surface area contributed by atoms with Crippen molar-refractivity contribution in [1.29, 1.82) is 0 Å². The van der Waals surface area contributed by atoms with Crippen LogP contribution in [0, 0.1) is 20.9 Å². The van der Waals surface area contributed by atoms with Gasteiger partial charge in [0.25, 0.3) is 0 Å². The van der Waals surface area contributed by atoms with Gasteiger partial charge in [0.2, 0.25) is 0 Å². The molecule has 0 heterocycles. The highest BCUT2D eigenvalue weighted by molar-refractivity contribution is 7.85. The molecule has 0 fully saturated rings. The molecule has 5 heteroatoms. The van der Waals surface area contributed by atoms with Gasteiger partial charge in [-0.05, 0) is 38.4 Å². The normalized spacial score (nSPS) is 11.2. The molecule has 3 aromatic rings. The molecule has 0 atom stereocenters. The van der Waals surface area contributed by atoms with Crippen molar-refractivity contribution < 1.29 is 13.0 Å². The van der Waals surface area contributed by atoms with Crippen LogP contribution in [0.15, 0.2) is 72.8 Å². The average Bonchev–Trinajstić information content (AvgIpc) is 2.74. The van der Waals surface area contributed by atoms with Gasteiger partial charge >= 0.3 is 0 Å². The van der Waals surface area contributed by atoms with Gasteiger partial charge in [0.15, 0.2) is 0 Å². The molecule has 3 nitrogen and oxygen atoms in total. The van der Waals surface area contributed by atoms with Gasteiger partial charge < -0.3 is 4.55 Å². The summed E-state index contributed by atoms with van der Waals surface area (Å²) >= 11 is 0. The van der Waals surface area contributed by atoms with E-state index in [1.54, 1.807) is 0 Å². The molecule has 0 bridgehead atoms. The van der Waals surface area contributed by atoms with Crippen molar-refractivity contribution in [2.24, 2.45) is 0 Å². The van der Waals surface area contributed by atoms with Crippen molar-refractivity contribution >= 4 is 23.6 Å². The van der Waals surface area contributed by atoms with Crippen LogP contribution in [0.2, 0.25) is 0 Å². The average molecular weight is 457 g/mol. The summed E-state index contributed by atoms with van der Waals surface area (Å²) in [5.41, 5.74) is 2.63. The Labute approximate surface area is 192 Å². The molecule has 0 radical (unpaired) electrons. The minimum absolute atomic E-state index is 0. The summed E-state index contributed by atoms with van der Waals surface area (Å²) in [5, 5.41) is 5.54. The highest BCUT2D eigenvalue weighted by Gasteiger charge is 2.07. The van der Waals surface area contributed by atoms with Gasteiger partial charge in [0, 0.05) is 5.75 Å².